The number of hydrogen-bond donors (Lipinski definition) is 3. The van der Waals surface area contributed by atoms with Crippen LogP contribution in [0.4, 0.5) is 9.59 Å². The maximum Gasteiger partial charge on any atom is 0.404 e. The Kier molecular flexibility index (Phi) is 9.97. The third-order valence-corrected chi connectivity index (χ3v) is 5.75. The van der Waals surface area contributed by atoms with Gasteiger partial charge in [0.1, 0.15) is 11.4 Å². The van der Waals surface area contributed by atoms with Gasteiger partial charge in [-0.25, -0.2) is 9.59 Å². The summed E-state index contributed by atoms with van der Waals surface area (Å²) in [7, 11) is 0. The average Bonchev–Trinajstić information content (AvgIpc) is 3.51. The number of hydrogen-bond acceptors (Lipinski definition) is 14. The summed E-state index contributed by atoms with van der Waals surface area (Å²) in [5, 5.41) is 39.9. The number of nitrogens with two attached hydrogens (primary N) is 2. The minimum atomic E-state index is -0.907. The first-order valence-corrected chi connectivity index (χ1v) is 12.8. The van der Waals surface area contributed by atoms with E-state index in [4.69, 9.17) is 33.3 Å². The molecule has 2 amide bonds. The summed E-state index contributed by atoms with van der Waals surface area (Å²) in [4.78, 5) is 21.3. The van der Waals surface area contributed by atoms with Gasteiger partial charge in [0, 0.05) is 0 Å². The molecular formula is C24H31ClN12O6. The fourth-order valence-electron chi connectivity index (χ4n) is 3.75. The maximum absolute atomic E-state index is 10.7. The molecular weight excluding hydrogens is 588 g/mol. The number of rotatable bonds is 7. The van der Waals surface area contributed by atoms with Crippen LogP contribution in [-0.2, 0) is 37.9 Å². The second kappa shape index (κ2) is 13.2. The molecule has 0 aromatic carbocycles. The molecule has 0 bridgehead atoms. The van der Waals surface area contributed by atoms with Gasteiger partial charge in [-0.2, -0.15) is 19.2 Å². The van der Waals surface area contributed by atoms with Crippen LogP contribution in [-0.4, -0.2) is 69.4 Å². The Morgan fingerprint density at radius 1 is 0.837 bits per heavy atom. The van der Waals surface area contributed by atoms with Crippen LogP contribution in [0.3, 0.4) is 0 Å². The molecule has 0 fully saturated rings. The zero-order valence-electron chi connectivity index (χ0n) is 24.2. The van der Waals surface area contributed by atoms with Gasteiger partial charge in [-0.1, -0.05) is 51.9 Å². The molecule has 0 aliphatic rings. The number of primary amides is 2. The molecule has 0 saturated heterocycles. The number of aromatic nitrogens is 8. The van der Waals surface area contributed by atoms with Gasteiger partial charge >= 0.3 is 12.2 Å². The van der Waals surface area contributed by atoms with E-state index in [0.29, 0.717) is 34.3 Å². The Morgan fingerprint density at radius 2 is 1.26 bits per heavy atom. The number of ether oxygens (including phenoxy) is 2. The number of amides is 2. The van der Waals surface area contributed by atoms with Crippen LogP contribution in [0.1, 0.15) is 75.7 Å². The highest BCUT2D eigenvalue weighted by molar-refractivity contribution is 6.07. The Bertz CT molecular complexity index is 1670. The van der Waals surface area contributed by atoms with Gasteiger partial charge in [0.25, 0.3) is 0 Å². The molecule has 0 spiro atoms. The van der Waals surface area contributed by atoms with Gasteiger partial charge in [0.05, 0.1) is 12.4 Å². The first-order chi connectivity index (χ1) is 20.1. The molecule has 0 radical (unpaired) electrons. The van der Waals surface area contributed by atoms with Gasteiger partial charge in [-0.3, -0.25) is 4.39 Å². The van der Waals surface area contributed by atoms with E-state index in [1.807, 2.05) is 47.6 Å². The Balaban J connectivity index is 0.000000236. The van der Waals surface area contributed by atoms with Crippen LogP contribution >= 0.6 is 11.9 Å². The van der Waals surface area contributed by atoms with Crippen LogP contribution in [0.5, 0.6) is 0 Å². The van der Waals surface area contributed by atoms with Crippen LogP contribution in [0.25, 0.3) is 11.3 Å². The van der Waals surface area contributed by atoms with E-state index in [1.54, 1.807) is 6.07 Å². The number of halogens is 1. The second-order valence-electron chi connectivity index (χ2n) is 10.9. The van der Waals surface area contributed by atoms with E-state index >= 15 is 0 Å². The van der Waals surface area contributed by atoms with E-state index < -0.39 is 12.2 Å². The van der Waals surface area contributed by atoms with E-state index in [-0.39, 0.29) is 24.0 Å². The molecule has 0 unspecified atom stereocenters. The number of oxime groups is 2. The largest absolute Gasteiger partial charge is 0.441 e. The van der Waals surface area contributed by atoms with Crippen molar-refractivity contribution in [2.75, 3.05) is 0 Å². The van der Waals surface area contributed by atoms with Gasteiger partial charge in [0.15, 0.2) is 48.0 Å². The molecule has 230 valence electrons. The van der Waals surface area contributed by atoms with Crippen molar-refractivity contribution >= 4 is 47.8 Å². The monoisotopic (exact) mass is 618 g/mol. The highest BCUT2D eigenvalue weighted by atomic mass is 35.5. The van der Waals surface area contributed by atoms with Crippen LogP contribution < -0.4 is 11.5 Å². The minimum absolute atomic E-state index is 0.138. The van der Waals surface area contributed by atoms with Crippen molar-refractivity contribution in [2.45, 2.75) is 65.6 Å². The fraction of sp³-hybridized carbons (Fsp3) is 0.417. The summed E-state index contributed by atoms with van der Waals surface area (Å²) in [5.74, 6) is 0.646. The Morgan fingerprint density at radius 3 is 1.60 bits per heavy atom. The second-order valence-corrected chi connectivity index (χ2v) is 11.1. The Hall–Kier alpha value is -5.13. The summed E-state index contributed by atoms with van der Waals surface area (Å²) in [6.45, 7) is 11.8. The SMILES string of the molecule is CC(C)(C)c1cc2nnc(COC(N)=O)n2nc1/C=N/O.CC(C)(C)c1cc2nnc(COC(N)=O)n2nc1/C=N\OCl. The molecule has 4 aromatic rings. The van der Waals surface area contributed by atoms with Crippen molar-refractivity contribution < 1.29 is 28.7 Å². The predicted molar refractivity (Wildman–Crippen MR) is 152 cm³/mol. The standard InChI is InChI=1S/C12H15ClN6O3.C12H16N6O3/c1-12(2,3)7-4-9-16-17-10(6-21-11(14)20)19(9)18-8(7)5-15-22-13;1-12(2,3)7-4-9-15-16-10(6-21-11(13)19)18(9)17-8(7)5-14-20/h4-5H,6H2,1-3H3,(H2,14,20);4-5,20H,6H2,1-3H3,(H2,13,19)/b15-5-;14-5+. The van der Waals surface area contributed by atoms with Gasteiger partial charge in [-0.15, -0.1) is 20.4 Å². The van der Waals surface area contributed by atoms with Crippen LogP contribution in [0, 0.1) is 0 Å². The number of nitrogens with zero attached hydrogens (tertiary/aromatic N) is 10. The first-order valence-electron chi connectivity index (χ1n) is 12.5. The van der Waals surface area contributed by atoms with Gasteiger partial charge in [-0.05, 0) is 34.1 Å². The molecule has 43 heavy (non-hydrogen) atoms. The summed E-state index contributed by atoms with van der Waals surface area (Å²) in [6.07, 6.45) is 0.806. The maximum atomic E-state index is 10.7. The number of fused-ring (bicyclic) bond motifs is 2. The number of carbonyl (C=O) groups excluding carboxylic acids is 2. The summed E-state index contributed by atoms with van der Waals surface area (Å²) >= 11 is 5.10. The van der Waals surface area contributed by atoms with E-state index in [2.05, 4.69) is 50.0 Å². The van der Waals surface area contributed by atoms with Crippen molar-refractivity contribution in [1.29, 1.82) is 0 Å². The molecule has 0 saturated carbocycles. The molecule has 0 atom stereocenters. The smallest absolute Gasteiger partial charge is 0.404 e. The number of carbonyl (C=O) groups is 2. The fourth-order valence-corrected chi connectivity index (χ4v) is 3.79. The third-order valence-electron chi connectivity index (χ3n) is 5.67. The zero-order valence-corrected chi connectivity index (χ0v) is 25.0. The molecule has 19 heteroatoms. The molecule has 4 heterocycles. The molecule has 4 rings (SSSR count). The van der Waals surface area contributed by atoms with Crippen molar-refractivity contribution in [2.24, 2.45) is 21.8 Å². The van der Waals surface area contributed by atoms with Gasteiger partial charge in [0.2, 0.25) is 0 Å². The van der Waals surface area contributed by atoms with E-state index in [1.165, 1.54) is 21.5 Å². The van der Waals surface area contributed by atoms with Crippen LogP contribution in [0.15, 0.2) is 22.4 Å². The zero-order chi connectivity index (χ0) is 31.9. The predicted octanol–water partition coefficient (Wildman–Crippen LogP) is 2.35. The molecule has 0 aliphatic carbocycles. The topological polar surface area (TPSA) is 245 Å². The third kappa shape index (κ3) is 8.22. The summed E-state index contributed by atoms with van der Waals surface area (Å²) in [5.41, 5.74) is 13.2. The molecule has 5 N–H and O–H groups in total. The first kappa shape index (κ1) is 32.4. The van der Waals surface area contributed by atoms with E-state index in [0.717, 1.165) is 11.1 Å². The molecule has 4 aromatic heterocycles. The summed E-state index contributed by atoms with van der Waals surface area (Å²) in [6, 6.07) is 3.62. The van der Waals surface area contributed by atoms with Crippen molar-refractivity contribution in [1.82, 2.24) is 39.6 Å². The Labute approximate surface area is 249 Å². The van der Waals surface area contributed by atoms with E-state index in [9.17, 15) is 9.59 Å². The lowest BCUT2D eigenvalue weighted by molar-refractivity contribution is 0.145. The van der Waals surface area contributed by atoms with Crippen LogP contribution in [0.2, 0.25) is 0 Å². The molecule has 0 aliphatic heterocycles. The molecule has 18 nitrogen and oxygen atoms in total. The lowest BCUT2D eigenvalue weighted by Crippen LogP contribution is -2.18. The lowest BCUT2D eigenvalue weighted by Gasteiger charge is -2.20. The minimum Gasteiger partial charge on any atom is -0.441 e. The van der Waals surface area contributed by atoms with Crippen molar-refractivity contribution in [3.63, 3.8) is 0 Å². The summed E-state index contributed by atoms with van der Waals surface area (Å²) < 4.78 is 16.4. The van der Waals surface area contributed by atoms with Crippen molar-refractivity contribution in [3.05, 3.63) is 46.3 Å². The highest BCUT2D eigenvalue weighted by Gasteiger charge is 2.23. The quantitative estimate of drug-likeness (QED) is 0.153. The van der Waals surface area contributed by atoms with Gasteiger partial charge < -0.3 is 26.1 Å². The average molecular weight is 619 g/mol. The lowest BCUT2D eigenvalue weighted by atomic mass is 9.86. The van der Waals surface area contributed by atoms with Crippen molar-refractivity contribution in [3.8, 4) is 0 Å². The normalized spacial score (nSPS) is 12.1. The highest BCUT2D eigenvalue weighted by Crippen LogP contribution is 2.26.